The van der Waals surface area contributed by atoms with Gasteiger partial charge in [0.2, 0.25) is 0 Å². The molecular formula is C19H20N2O5. The maximum atomic E-state index is 12.9. The highest BCUT2D eigenvalue weighted by Crippen LogP contribution is 2.48. The second kappa shape index (κ2) is 6.09. The lowest BCUT2D eigenvalue weighted by Crippen LogP contribution is -2.35. The Morgan fingerprint density at radius 1 is 1.35 bits per heavy atom. The lowest BCUT2D eigenvalue weighted by Gasteiger charge is -2.38. The predicted octanol–water partition coefficient (Wildman–Crippen LogP) is 3.11. The molecule has 3 rings (SSSR count). The van der Waals surface area contributed by atoms with Crippen LogP contribution < -0.4 is 5.73 Å². The van der Waals surface area contributed by atoms with Crippen molar-refractivity contribution in [2.24, 2.45) is 11.1 Å². The first-order chi connectivity index (χ1) is 12.1. The van der Waals surface area contributed by atoms with Crippen molar-refractivity contribution < 1.29 is 19.2 Å². The van der Waals surface area contributed by atoms with Crippen molar-refractivity contribution in [3.05, 3.63) is 62.7 Å². The van der Waals surface area contributed by atoms with Gasteiger partial charge in [-0.15, -0.1) is 0 Å². The van der Waals surface area contributed by atoms with Crippen molar-refractivity contribution >= 4 is 17.3 Å². The van der Waals surface area contributed by atoms with Crippen LogP contribution in [0.5, 0.6) is 0 Å². The van der Waals surface area contributed by atoms with Crippen LogP contribution in [0.15, 0.2) is 47.1 Å². The Balaban J connectivity index is 2.22. The van der Waals surface area contributed by atoms with Crippen LogP contribution in [0.3, 0.4) is 0 Å². The van der Waals surface area contributed by atoms with Crippen molar-refractivity contribution in [1.29, 1.82) is 0 Å². The van der Waals surface area contributed by atoms with Crippen LogP contribution in [-0.2, 0) is 14.3 Å². The zero-order valence-corrected chi connectivity index (χ0v) is 14.9. The predicted molar refractivity (Wildman–Crippen MR) is 93.9 cm³/mol. The first-order valence-electron chi connectivity index (χ1n) is 8.30. The highest BCUT2D eigenvalue weighted by atomic mass is 16.6. The summed E-state index contributed by atoms with van der Waals surface area (Å²) in [6.07, 6.45) is 0.817. The van der Waals surface area contributed by atoms with Crippen LogP contribution in [0, 0.1) is 15.5 Å². The lowest BCUT2D eigenvalue weighted by atomic mass is 9.69. The number of hydrogen-bond donors (Lipinski definition) is 1. The molecule has 0 bridgehead atoms. The van der Waals surface area contributed by atoms with Crippen LogP contribution in [-0.4, -0.2) is 16.5 Å². The van der Waals surface area contributed by atoms with E-state index in [1.54, 1.807) is 6.07 Å². The van der Waals surface area contributed by atoms with E-state index in [0.29, 0.717) is 29.7 Å². The number of nitro groups is 1. The van der Waals surface area contributed by atoms with Crippen molar-refractivity contribution in [2.75, 3.05) is 0 Å². The fraction of sp³-hybridized carbons (Fsp3) is 0.368. The molecule has 1 unspecified atom stereocenters. The summed E-state index contributed by atoms with van der Waals surface area (Å²) in [7, 11) is 0. The normalized spacial score (nSPS) is 22.0. The number of nitrogens with zero attached hydrogens (tertiary/aromatic N) is 1. The fourth-order valence-electron chi connectivity index (χ4n) is 3.69. The topological polar surface area (TPSA) is 113 Å². The summed E-state index contributed by atoms with van der Waals surface area (Å²) in [5.74, 6) is -0.801. The summed E-state index contributed by atoms with van der Waals surface area (Å²) in [6.45, 7) is 5.26. The zero-order chi connectivity index (χ0) is 19.2. The summed E-state index contributed by atoms with van der Waals surface area (Å²) in [4.78, 5) is 35.7. The van der Waals surface area contributed by atoms with Gasteiger partial charge in [0, 0.05) is 36.5 Å². The summed E-state index contributed by atoms with van der Waals surface area (Å²) >= 11 is 0. The summed E-state index contributed by atoms with van der Waals surface area (Å²) in [5, 5.41) is 11.1. The number of nitrogens with two attached hydrogens (primary N) is 1. The number of ketones is 2. The molecule has 1 aromatic rings. The van der Waals surface area contributed by atoms with Crippen LogP contribution in [0.2, 0.25) is 0 Å². The van der Waals surface area contributed by atoms with E-state index >= 15 is 0 Å². The van der Waals surface area contributed by atoms with E-state index < -0.39 is 10.8 Å². The zero-order valence-electron chi connectivity index (χ0n) is 14.9. The van der Waals surface area contributed by atoms with Gasteiger partial charge < -0.3 is 10.5 Å². The fourth-order valence-corrected chi connectivity index (χ4v) is 3.69. The SMILES string of the molecule is CC(=O)C1=C(N)OC2=C(C(=O)CC(C)(C)C2)C1c1cccc([N+](=O)[O-])c1. The molecule has 0 amide bonds. The van der Waals surface area contributed by atoms with Gasteiger partial charge in [0.05, 0.1) is 10.5 Å². The number of benzene rings is 1. The van der Waals surface area contributed by atoms with Gasteiger partial charge in [-0.25, -0.2) is 0 Å². The van der Waals surface area contributed by atoms with E-state index in [4.69, 9.17) is 10.5 Å². The molecule has 1 aliphatic carbocycles. The standard InChI is InChI=1S/C19H20N2O5/c1-10(22)15-16(11-5-4-6-12(7-11)21(24)25)17-13(23)8-19(2,3)9-14(17)26-18(15)20/h4-7,16H,8-9,20H2,1-3H3. The number of ether oxygens (including phenoxy) is 1. The second-order valence-corrected chi connectivity index (χ2v) is 7.50. The van der Waals surface area contributed by atoms with Gasteiger partial charge in [-0.1, -0.05) is 26.0 Å². The molecule has 0 saturated heterocycles. The first kappa shape index (κ1) is 17.8. The van der Waals surface area contributed by atoms with Crippen molar-refractivity contribution in [2.45, 2.75) is 39.5 Å². The molecule has 1 aliphatic heterocycles. The van der Waals surface area contributed by atoms with Crippen LogP contribution in [0.25, 0.3) is 0 Å². The maximum absolute atomic E-state index is 12.9. The van der Waals surface area contributed by atoms with Crippen molar-refractivity contribution in [3.63, 3.8) is 0 Å². The quantitative estimate of drug-likeness (QED) is 0.658. The molecule has 1 atom stereocenters. The molecular weight excluding hydrogens is 336 g/mol. The highest BCUT2D eigenvalue weighted by Gasteiger charge is 2.44. The van der Waals surface area contributed by atoms with E-state index in [1.165, 1.54) is 25.1 Å². The van der Waals surface area contributed by atoms with Gasteiger partial charge in [-0.05, 0) is 17.9 Å². The molecule has 1 heterocycles. The number of rotatable bonds is 3. The molecule has 7 nitrogen and oxygen atoms in total. The van der Waals surface area contributed by atoms with Crippen LogP contribution in [0.4, 0.5) is 5.69 Å². The van der Waals surface area contributed by atoms with Gasteiger partial charge >= 0.3 is 0 Å². The molecule has 136 valence electrons. The summed E-state index contributed by atoms with van der Waals surface area (Å²) in [5.41, 5.74) is 6.64. The largest absolute Gasteiger partial charge is 0.445 e. The minimum atomic E-state index is -0.750. The van der Waals surface area contributed by atoms with Gasteiger partial charge in [-0.2, -0.15) is 0 Å². The first-order valence-corrected chi connectivity index (χ1v) is 8.30. The van der Waals surface area contributed by atoms with E-state index in [1.807, 2.05) is 13.8 Å². The average molecular weight is 356 g/mol. The van der Waals surface area contributed by atoms with Gasteiger partial charge in [-0.3, -0.25) is 19.7 Å². The average Bonchev–Trinajstić information content (AvgIpc) is 2.51. The number of carbonyl (C=O) groups excluding carboxylic acids is 2. The Morgan fingerprint density at radius 3 is 2.65 bits per heavy atom. The van der Waals surface area contributed by atoms with E-state index in [0.717, 1.165) is 0 Å². The van der Waals surface area contributed by atoms with E-state index in [2.05, 4.69) is 0 Å². The number of non-ortho nitro benzene ring substituents is 1. The van der Waals surface area contributed by atoms with Crippen LogP contribution >= 0.6 is 0 Å². The van der Waals surface area contributed by atoms with Crippen molar-refractivity contribution in [1.82, 2.24) is 0 Å². The van der Waals surface area contributed by atoms with E-state index in [9.17, 15) is 19.7 Å². The van der Waals surface area contributed by atoms with Gasteiger partial charge in [0.25, 0.3) is 5.69 Å². The third-order valence-electron chi connectivity index (χ3n) is 4.75. The molecule has 0 aromatic heterocycles. The Hall–Kier alpha value is -2.96. The van der Waals surface area contributed by atoms with Gasteiger partial charge in [0.15, 0.2) is 17.4 Å². The molecule has 1 aromatic carbocycles. The monoisotopic (exact) mass is 356 g/mol. The molecule has 7 heteroatoms. The van der Waals surface area contributed by atoms with E-state index in [-0.39, 0.29) is 34.1 Å². The Morgan fingerprint density at radius 2 is 2.04 bits per heavy atom. The number of nitro benzene ring substituents is 1. The molecule has 2 aliphatic rings. The number of Topliss-reactive ketones (excluding diaryl/α,β-unsaturated/α-hetero) is 2. The number of hydrogen-bond acceptors (Lipinski definition) is 6. The minimum Gasteiger partial charge on any atom is -0.445 e. The molecule has 0 spiro atoms. The van der Waals surface area contributed by atoms with Crippen LogP contribution in [0.1, 0.15) is 45.1 Å². The molecule has 26 heavy (non-hydrogen) atoms. The second-order valence-electron chi connectivity index (χ2n) is 7.50. The highest BCUT2D eigenvalue weighted by molar-refractivity contribution is 6.04. The molecule has 0 fully saturated rings. The molecule has 0 saturated carbocycles. The smallest absolute Gasteiger partial charge is 0.269 e. The summed E-state index contributed by atoms with van der Waals surface area (Å²) < 4.78 is 5.66. The lowest BCUT2D eigenvalue weighted by molar-refractivity contribution is -0.384. The Bertz CT molecular complexity index is 895. The Labute approximate surface area is 150 Å². The van der Waals surface area contributed by atoms with Gasteiger partial charge in [0.1, 0.15) is 5.76 Å². The Kier molecular flexibility index (Phi) is 4.18. The minimum absolute atomic E-state index is 0.0433. The third-order valence-corrected chi connectivity index (χ3v) is 4.75. The maximum Gasteiger partial charge on any atom is 0.269 e. The number of carbonyl (C=O) groups is 2. The molecule has 2 N–H and O–H groups in total. The third kappa shape index (κ3) is 3.00. The summed E-state index contributed by atoms with van der Waals surface area (Å²) in [6, 6.07) is 5.94. The molecule has 0 radical (unpaired) electrons. The number of allylic oxidation sites excluding steroid dienone is 3. The van der Waals surface area contributed by atoms with Crippen molar-refractivity contribution in [3.8, 4) is 0 Å².